The third kappa shape index (κ3) is 5.05. The van der Waals surface area contributed by atoms with E-state index in [1.54, 1.807) is 18.9 Å². The van der Waals surface area contributed by atoms with E-state index in [2.05, 4.69) is 36.9 Å². The second kappa shape index (κ2) is 7.78. The van der Waals surface area contributed by atoms with Gasteiger partial charge in [-0.15, -0.1) is 11.8 Å². The van der Waals surface area contributed by atoms with Gasteiger partial charge in [-0.1, -0.05) is 6.07 Å². The van der Waals surface area contributed by atoms with E-state index in [-0.39, 0.29) is 6.10 Å². The normalized spacial score (nSPS) is 13.1. The fourth-order valence-corrected chi connectivity index (χ4v) is 2.56. The standard InChI is InChI=1S/C15H25NO2S/c1-11(2)16(9-12(3)17)10-13-6-7-15(19-5)14(8-13)18-4/h6-8,11-12,17H,9-10H2,1-5H3. The first-order valence-corrected chi connectivity index (χ1v) is 7.83. The van der Waals surface area contributed by atoms with E-state index in [1.807, 2.05) is 13.2 Å². The zero-order valence-electron chi connectivity index (χ0n) is 12.5. The fraction of sp³-hybridized carbons (Fsp3) is 0.600. The maximum Gasteiger partial charge on any atom is 0.132 e. The molecule has 4 heteroatoms. The van der Waals surface area contributed by atoms with Crippen molar-refractivity contribution in [3.8, 4) is 5.75 Å². The highest BCUT2D eigenvalue weighted by molar-refractivity contribution is 7.98. The number of rotatable bonds is 7. The zero-order chi connectivity index (χ0) is 14.4. The van der Waals surface area contributed by atoms with Crippen LogP contribution in [0, 0.1) is 0 Å². The van der Waals surface area contributed by atoms with Crippen molar-refractivity contribution in [3.05, 3.63) is 23.8 Å². The van der Waals surface area contributed by atoms with Crippen molar-refractivity contribution in [2.45, 2.75) is 44.4 Å². The molecule has 0 aromatic heterocycles. The average molecular weight is 283 g/mol. The van der Waals surface area contributed by atoms with Crippen LogP contribution in [0.25, 0.3) is 0 Å². The molecule has 0 saturated carbocycles. The highest BCUT2D eigenvalue weighted by Crippen LogP contribution is 2.28. The summed E-state index contributed by atoms with van der Waals surface area (Å²) >= 11 is 1.69. The minimum absolute atomic E-state index is 0.310. The molecule has 1 rings (SSSR count). The molecule has 0 aliphatic carbocycles. The summed E-state index contributed by atoms with van der Waals surface area (Å²) < 4.78 is 5.41. The van der Waals surface area contributed by atoms with Crippen LogP contribution in [-0.4, -0.2) is 42.1 Å². The molecule has 108 valence electrons. The number of thioether (sulfide) groups is 1. The molecule has 1 aromatic carbocycles. The van der Waals surface area contributed by atoms with Crippen LogP contribution in [0.5, 0.6) is 5.75 Å². The second-order valence-electron chi connectivity index (χ2n) is 5.06. The molecule has 1 N–H and O–H groups in total. The number of benzene rings is 1. The summed E-state index contributed by atoms with van der Waals surface area (Å²) in [5.74, 6) is 0.922. The Balaban J connectivity index is 2.84. The van der Waals surface area contributed by atoms with Gasteiger partial charge in [0.2, 0.25) is 0 Å². The number of methoxy groups -OCH3 is 1. The number of aliphatic hydroxyl groups is 1. The molecule has 0 radical (unpaired) electrons. The van der Waals surface area contributed by atoms with E-state index < -0.39 is 0 Å². The summed E-state index contributed by atoms with van der Waals surface area (Å²) in [6.07, 6.45) is 1.74. The van der Waals surface area contributed by atoms with Crippen molar-refractivity contribution in [3.63, 3.8) is 0 Å². The number of hydrogen-bond acceptors (Lipinski definition) is 4. The molecule has 0 saturated heterocycles. The summed E-state index contributed by atoms with van der Waals surface area (Å²) in [7, 11) is 1.70. The molecule has 0 heterocycles. The van der Waals surface area contributed by atoms with E-state index in [9.17, 15) is 5.11 Å². The molecule has 1 aromatic rings. The van der Waals surface area contributed by atoms with E-state index in [1.165, 1.54) is 5.56 Å². The Morgan fingerprint density at radius 3 is 2.47 bits per heavy atom. The van der Waals surface area contributed by atoms with Crippen LogP contribution in [0.15, 0.2) is 23.1 Å². The van der Waals surface area contributed by atoms with Crippen molar-refractivity contribution in [2.24, 2.45) is 0 Å². The van der Waals surface area contributed by atoms with Crippen LogP contribution in [0.1, 0.15) is 26.3 Å². The number of nitrogens with zero attached hydrogens (tertiary/aromatic N) is 1. The highest BCUT2D eigenvalue weighted by Gasteiger charge is 2.13. The topological polar surface area (TPSA) is 32.7 Å². The first kappa shape index (κ1) is 16.3. The molecule has 0 bridgehead atoms. The Hall–Kier alpha value is -0.710. The van der Waals surface area contributed by atoms with Gasteiger partial charge in [-0.05, 0) is 44.7 Å². The van der Waals surface area contributed by atoms with E-state index in [4.69, 9.17) is 4.74 Å². The minimum Gasteiger partial charge on any atom is -0.496 e. The molecule has 0 aliphatic rings. The van der Waals surface area contributed by atoms with Crippen molar-refractivity contribution in [2.75, 3.05) is 19.9 Å². The Morgan fingerprint density at radius 2 is 2.00 bits per heavy atom. The summed E-state index contributed by atoms with van der Waals surface area (Å²) in [5, 5.41) is 9.56. The zero-order valence-corrected chi connectivity index (χ0v) is 13.3. The number of hydrogen-bond donors (Lipinski definition) is 1. The summed E-state index contributed by atoms with van der Waals surface area (Å²) in [5.41, 5.74) is 1.21. The smallest absolute Gasteiger partial charge is 0.132 e. The van der Waals surface area contributed by atoms with Gasteiger partial charge < -0.3 is 9.84 Å². The van der Waals surface area contributed by atoms with Crippen LogP contribution in [-0.2, 0) is 6.54 Å². The number of aliphatic hydroxyl groups excluding tert-OH is 1. The van der Waals surface area contributed by atoms with Crippen LogP contribution >= 0.6 is 11.8 Å². The third-order valence-corrected chi connectivity index (χ3v) is 3.84. The first-order chi connectivity index (χ1) is 8.97. The molecule has 0 aliphatic heterocycles. The number of ether oxygens (including phenoxy) is 1. The summed E-state index contributed by atoms with van der Waals surface area (Å²) in [4.78, 5) is 3.41. The molecule has 0 amide bonds. The van der Waals surface area contributed by atoms with Gasteiger partial charge >= 0.3 is 0 Å². The monoisotopic (exact) mass is 283 g/mol. The van der Waals surface area contributed by atoms with Gasteiger partial charge in [0.1, 0.15) is 5.75 Å². The highest BCUT2D eigenvalue weighted by atomic mass is 32.2. The van der Waals surface area contributed by atoms with Crippen LogP contribution in [0.4, 0.5) is 0 Å². The fourth-order valence-electron chi connectivity index (χ4n) is 2.01. The molecule has 3 nitrogen and oxygen atoms in total. The van der Waals surface area contributed by atoms with Gasteiger partial charge in [0, 0.05) is 24.0 Å². The molecular formula is C15H25NO2S. The summed E-state index contributed by atoms with van der Waals surface area (Å²) in [6.45, 7) is 7.64. The van der Waals surface area contributed by atoms with Crippen molar-refractivity contribution >= 4 is 11.8 Å². The van der Waals surface area contributed by atoms with Gasteiger partial charge in [0.15, 0.2) is 0 Å². The van der Waals surface area contributed by atoms with E-state index in [0.717, 1.165) is 17.2 Å². The van der Waals surface area contributed by atoms with E-state index >= 15 is 0 Å². The third-order valence-electron chi connectivity index (χ3n) is 3.06. The maximum absolute atomic E-state index is 9.56. The van der Waals surface area contributed by atoms with Crippen molar-refractivity contribution in [1.82, 2.24) is 4.90 Å². The van der Waals surface area contributed by atoms with Crippen LogP contribution < -0.4 is 4.74 Å². The van der Waals surface area contributed by atoms with Gasteiger partial charge in [-0.25, -0.2) is 0 Å². The lowest BCUT2D eigenvalue weighted by Crippen LogP contribution is -2.36. The van der Waals surface area contributed by atoms with E-state index in [0.29, 0.717) is 12.6 Å². The SMILES string of the molecule is COc1cc(CN(CC(C)O)C(C)C)ccc1SC. The Kier molecular flexibility index (Phi) is 6.69. The van der Waals surface area contributed by atoms with Gasteiger partial charge in [0.25, 0.3) is 0 Å². The average Bonchev–Trinajstić information content (AvgIpc) is 2.37. The summed E-state index contributed by atoms with van der Waals surface area (Å²) in [6, 6.07) is 6.72. The molecule has 0 fully saturated rings. The predicted molar refractivity (Wildman–Crippen MR) is 82.0 cm³/mol. The Bertz CT molecular complexity index is 394. The molecule has 0 spiro atoms. The lowest BCUT2D eigenvalue weighted by molar-refractivity contribution is 0.103. The van der Waals surface area contributed by atoms with Crippen molar-refractivity contribution in [1.29, 1.82) is 0 Å². The second-order valence-corrected chi connectivity index (χ2v) is 5.91. The molecule has 1 unspecified atom stereocenters. The lowest BCUT2D eigenvalue weighted by atomic mass is 10.1. The van der Waals surface area contributed by atoms with Gasteiger partial charge in [-0.2, -0.15) is 0 Å². The Morgan fingerprint density at radius 1 is 1.32 bits per heavy atom. The molecule has 1 atom stereocenters. The first-order valence-electron chi connectivity index (χ1n) is 6.61. The quantitative estimate of drug-likeness (QED) is 0.780. The predicted octanol–water partition coefficient (Wildman–Crippen LogP) is 3.01. The lowest BCUT2D eigenvalue weighted by Gasteiger charge is -2.28. The van der Waals surface area contributed by atoms with Gasteiger partial charge in [-0.3, -0.25) is 4.90 Å². The van der Waals surface area contributed by atoms with Crippen LogP contribution in [0.2, 0.25) is 0 Å². The molecular weight excluding hydrogens is 258 g/mol. The van der Waals surface area contributed by atoms with Gasteiger partial charge in [0.05, 0.1) is 13.2 Å². The largest absolute Gasteiger partial charge is 0.496 e. The van der Waals surface area contributed by atoms with Crippen molar-refractivity contribution < 1.29 is 9.84 Å². The Labute approximate surface area is 121 Å². The maximum atomic E-state index is 9.56. The minimum atomic E-state index is -0.310. The van der Waals surface area contributed by atoms with Crippen LogP contribution in [0.3, 0.4) is 0 Å². The molecule has 19 heavy (non-hydrogen) atoms.